The highest BCUT2D eigenvalue weighted by atomic mass is 32.1. The molecule has 3 heterocycles. The summed E-state index contributed by atoms with van der Waals surface area (Å²) in [5.41, 5.74) is 2.30. The van der Waals surface area contributed by atoms with E-state index in [4.69, 9.17) is 0 Å². The Labute approximate surface area is 128 Å². The first-order valence-corrected chi connectivity index (χ1v) is 7.92. The Morgan fingerprint density at radius 3 is 3.00 bits per heavy atom. The van der Waals surface area contributed by atoms with Gasteiger partial charge in [-0.05, 0) is 31.4 Å². The number of thiophene rings is 1. The molecule has 0 fully saturated rings. The molecule has 0 saturated heterocycles. The Hall–Kier alpha value is -1.92. The van der Waals surface area contributed by atoms with Crippen molar-refractivity contribution in [2.75, 3.05) is 0 Å². The highest BCUT2D eigenvalue weighted by Crippen LogP contribution is 2.25. The van der Waals surface area contributed by atoms with E-state index < -0.39 is 0 Å². The first-order chi connectivity index (χ1) is 10.3. The van der Waals surface area contributed by atoms with Gasteiger partial charge in [-0.1, -0.05) is 6.07 Å². The molecule has 0 amide bonds. The van der Waals surface area contributed by atoms with Crippen LogP contribution in [0.4, 0.5) is 0 Å². The maximum absolute atomic E-state index is 4.30. The quantitative estimate of drug-likeness (QED) is 0.735. The molecule has 0 unspecified atom stereocenters. The molecule has 3 aromatic rings. The van der Waals surface area contributed by atoms with Gasteiger partial charge in [-0.25, -0.2) is 0 Å². The standard InChI is InChI=1S/C15H19N5S/c1-11(12(2)20-7-4-6-18-20)16-9-13-10-17-19-15(13)14-5-3-8-21-14/h3-8,10-12,16H,9H2,1-2H3,(H,17,19)/t11-,12-/m0/s1. The zero-order chi connectivity index (χ0) is 14.7. The molecular weight excluding hydrogens is 282 g/mol. The van der Waals surface area contributed by atoms with Crippen LogP contribution < -0.4 is 5.32 Å². The van der Waals surface area contributed by atoms with Crippen LogP contribution in [-0.2, 0) is 6.54 Å². The first-order valence-electron chi connectivity index (χ1n) is 7.04. The van der Waals surface area contributed by atoms with Crippen LogP contribution >= 0.6 is 11.3 Å². The van der Waals surface area contributed by atoms with E-state index in [1.807, 2.05) is 29.3 Å². The third-order valence-corrected chi connectivity index (χ3v) is 4.65. The van der Waals surface area contributed by atoms with Gasteiger partial charge in [0.15, 0.2) is 0 Å². The van der Waals surface area contributed by atoms with Crippen molar-refractivity contribution in [2.45, 2.75) is 32.5 Å². The van der Waals surface area contributed by atoms with Crippen LogP contribution in [0.5, 0.6) is 0 Å². The molecule has 5 nitrogen and oxygen atoms in total. The summed E-state index contributed by atoms with van der Waals surface area (Å²) in [5, 5.41) is 17.2. The summed E-state index contributed by atoms with van der Waals surface area (Å²) in [6, 6.07) is 6.74. The average molecular weight is 301 g/mol. The van der Waals surface area contributed by atoms with Crippen LogP contribution in [-0.4, -0.2) is 26.0 Å². The van der Waals surface area contributed by atoms with E-state index in [-0.39, 0.29) is 0 Å². The second kappa shape index (κ2) is 6.24. The molecule has 110 valence electrons. The Balaban J connectivity index is 1.64. The molecule has 3 rings (SSSR count). The summed E-state index contributed by atoms with van der Waals surface area (Å²) < 4.78 is 1.98. The van der Waals surface area contributed by atoms with Gasteiger partial charge in [0.2, 0.25) is 0 Å². The molecule has 0 aliphatic heterocycles. The summed E-state index contributed by atoms with van der Waals surface area (Å²) in [6.45, 7) is 5.13. The molecule has 0 radical (unpaired) electrons. The highest BCUT2D eigenvalue weighted by molar-refractivity contribution is 7.13. The fourth-order valence-corrected chi connectivity index (χ4v) is 3.03. The minimum Gasteiger partial charge on any atom is -0.308 e. The fourth-order valence-electron chi connectivity index (χ4n) is 2.27. The van der Waals surface area contributed by atoms with E-state index in [0.29, 0.717) is 12.1 Å². The third kappa shape index (κ3) is 3.06. The molecule has 0 bridgehead atoms. The van der Waals surface area contributed by atoms with Gasteiger partial charge in [0.05, 0.1) is 22.8 Å². The van der Waals surface area contributed by atoms with Gasteiger partial charge in [-0.2, -0.15) is 10.2 Å². The molecule has 0 aliphatic carbocycles. The van der Waals surface area contributed by atoms with Crippen LogP contribution in [0.2, 0.25) is 0 Å². The van der Waals surface area contributed by atoms with Gasteiger partial charge >= 0.3 is 0 Å². The predicted octanol–water partition coefficient (Wildman–Crippen LogP) is 3.07. The highest BCUT2D eigenvalue weighted by Gasteiger charge is 2.15. The van der Waals surface area contributed by atoms with E-state index >= 15 is 0 Å². The van der Waals surface area contributed by atoms with Gasteiger partial charge in [-0.3, -0.25) is 9.78 Å². The lowest BCUT2D eigenvalue weighted by molar-refractivity contribution is 0.365. The van der Waals surface area contributed by atoms with E-state index in [9.17, 15) is 0 Å². The molecule has 21 heavy (non-hydrogen) atoms. The molecule has 6 heteroatoms. The maximum Gasteiger partial charge on any atom is 0.0794 e. The van der Waals surface area contributed by atoms with Gasteiger partial charge in [-0.15, -0.1) is 11.3 Å². The Morgan fingerprint density at radius 2 is 2.29 bits per heavy atom. The zero-order valence-electron chi connectivity index (χ0n) is 12.2. The van der Waals surface area contributed by atoms with Crippen molar-refractivity contribution < 1.29 is 0 Å². The van der Waals surface area contributed by atoms with Crippen molar-refractivity contribution in [3.63, 3.8) is 0 Å². The number of nitrogens with one attached hydrogen (secondary N) is 2. The van der Waals surface area contributed by atoms with Gasteiger partial charge in [0.1, 0.15) is 0 Å². The third-order valence-electron chi connectivity index (χ3n) is 3.77. The number of nitrogens with zero attached hydrogens (tertiary/aromatic N) is 3. The van der Waals surface area contributed by atoms with E-state index in [1.165, 1.54) is 10.4 Å². The van der Waals surface area contributed by atoms with E-state index in [0.717, 1.165) is 12.2 Å². The molecule has 0 aliphatic rings. The van der Waals surface area contributed by atoms with Crippen LogP contribution in [0.3, 0.4) is 0 Å². The van der Waals surface area contributed by atoms with Crippen molar-refractivity contribution in [1.82, 2.24) is 25.3 Å². The maximum atomic E-state index is 4.30. The average Bonchev–Trinajstić information content (AvgIpc) is 3.25. The van der Waals surface area contributed by atoms with Crippen molar-refractivity contribution in [1.29, 1.82) is 0 Å². The number of hydrogen-bond donors (Lipinski definition) is 2. The fraction of sp³-hybridized carbons (Fsp3) is 0.333. The molecular formula is C15H19N5S. The first kappa shape index (κ1) is 14.0. The van der Waals surface area contributed by atoms with Crippen molar-refractivity contribution >= 4 is 11.3 Å². The molecule has 0 saturated carbocycles. The lowest BCUT2D eigenvalue weighted by Gasteiger charge is -2.21. The Bertz CT molecular complexity index is 656. The van der Waals surface area contributed by atoms with Crippen molar-refractivity contribution in [2.24, 2.45) is 0 Å². The largest absolute Gasteiger partial charge is 0.308 e. The van der Waals surface area contributed by atoms with Crippen molar-refractivity contribution in [3.8, 4) is 10.6 Å². The number of H-pyrrole nitrogens is 1. The molecule has 0 aromatic carbocycles. The van der Waals surface area contributed by atoms with Crippen molar-refractivity contribution in [3.05, 3.63) is 47.7 Å². The number of rotatable bonds is 6. The summed E-state index contributed by atoms with van der Waals surface area (Å²) in [6.07, 6.45) is 5.71. The predicted molar refractivity (Wildman–Crippen MR) is 85.1 cm³/mol. The lowest BCUT2D eigenvalue weighted by atomic mass is 10.1. The number of hydrogen-bond acceptors (Lipinski definition) is 4. The minimum atomic E-state index is 0.303. The van der Waals surface area contributed by atoms with Gasteiger partial charge < -0.3 is 5.32 Å². The van der Waals surface area contributed by atoms with E-state index in [2.05, 4.69) is 52.0 Å². The number of aromatic nitrogens is 4. The SMILES string of the molecule is C[C@H](NCc1cn[nH]c1-c1cccs1)[C@H](C)n1cccn1. The molecule has 3 aromatic heterocycles. The zero-order valence-corrected chi connectivity index (χ0v) is 13.0. The Kier molecular flexibility index (Phi) is 4.17. The second-order valence-corrected chi connectivity index (χ2v) is 6.09. The van der Waals surface area contributed by atoms with Crippen LogP contribution in [0.25, 0.3) is 10.6 Å². The summed E-state index contributed by atoms with van der Waals surface area (Å²) in [7, 11) is 0. The number of aromatic amines is 1. The van der Waals surface area contributed by atoms with Gasteiger partial charge in [0.25, 0.3) is 0 Å². The summed E-state index contributed by atoms with van der Waals surface area (Å²) in [5.74, 6) is 0. The smallest absolute Gasteiger partial charge is 0.0794 e. The van der Waals surface area contributed by atoms with Gasteiger partial charge in [0, 0.05) is 30.5 Å². The minimum absolute atomic E-state index is 0.303. The van der Waals surface area contributed by atoms with E-state index in [1.54, 1.807) is 11.3 Å². The van der Waals surface area contributed by atoms with Crippen LogP contribution in [0.1, 0.15) is 25.5 Å². The second-order valence-electron chi connectivity index (χ2n) is 5.14. The monoisotopic (exact) mass is 301 g/mol. The van der Waals surface area contributed by atoms with Crippen LogP contribution in [0.15, 0.2) is 42.2 Å². The van der Waals surface area contributed by atoms with Crippen LogP contribution in [0, 0.1) is 0 Å². The summed E-state index contributed by atoms with van der Waals surface area (Å²) in [4.78, 5) is 1.22. The Morgan fingerprint density at radius 1 is 1.38 bits per heavy atom. The molecule has 2 N–H and O–H groups in total. The molecule has 0 spiro atoms. The lowest BCUT2D eigenvalue weighted by Crippen LogP contribution is -2.33. The summed E-state index contributed by atoms with van der Waals surface area (Å²) >= 11 is 1.72. The normalized spacial score (nSPS) is 14.2. The topological polar surface area (TPSA) is 58.5 Å². The molecule has 2 atom stereocenters.